The predicted octanol–water partition coefficient (Wildman–Crippen LogP) is 5.29. The second-order valence-electron chi connectivity index (χ2n) is 6.51. The number of carbonyl (C=O) groups is 1. The molecular formula is C21H18FN3O2S. The number of pyridine rings is 1. The quantitative estimate of drug-likeness (QED) is 0.499. The maximum atomic E-state index is 14.4. The molecule has 1 amide bonds. The largest absolute Gasteiger partial charge is 0.350 e. The number of amides is 1. The van der Waals surface area contributed by atoms with Gasteiger partial charge in [-0.15, -0.1) is 11.3 Å². The molecule has 28 heavy (non-hydrogen) atoms. The number of halogens is 1. The number of fused-ring (bicyclic) bond motifs is 1. The van der Waals surface area contributed by atoms with Crippen molar-refractivity contribution in [2.75, 3.05) is 0 Å². The first-order chi connectivity index (χ1) is 13.6. The maximum Gasteiger partial charge on any atom is 0.259 e. The molecular weight excluding hydrogens is 377 g/mol. The van der Waals surface area contributed by atoms with E-state index in [2.05, 4.69) is 15.5 Å². The minimum absolute atomic E-state index is 0.00215. The summed E-state index contributed by atoms with van der Waals surface area (Å²) >= 11 is 1.51. The number of benzene rings is 1. The molecule has 3 aromatic heterocycles. The van der Waals surface area contributed by atoms with E-state index in [1.165, 1.54) is 17.4 Å². The molecule has 4 aromatic rings. The number of hydrogen-bond acceptors (Lipinski definition) is 5. The van der Waals surface area contributed by atoms with Gasteiger partial charge in [0.1, 0.15) is 11.5 Å². The Morgan fingerprint density at radius 3 is 2.82 bits per heavy atom. The van der Waals surface area contributed by atoms with E-state index in [9.17, 15) is 9.18 Å². The van der Waals surface area contributed by atoms with Crippen LogP contribution in [0.3, 0.4) is 0 Å². The zero-order valence-corrected chi connectivity index (χ0v) is 16.2. The van der Waals surface area contributed by atoms with Crippen molar-refractivity contribution in [2.24, 2.45) is 0 Å². The van der Waals surface area contributed by atoms with Gasteiger partial charge in [0, 0.05) is 11.6 Å². The molecule has 0 aliphatic carbocycles. The lowest BCUT2D eigenvalue weighted by Gasteiger charge is -2.12. The summed E-state index contributed by atoms with van der Waals surface area (Å²) in [5.41, 5.74) is 1.73. The Morgan fingerprint density at radius 1 is 1.29 bits per heavy atom. The lowest BCUT2D eigenvalue weighted by molar-refractivity contribution is 0.0941. The molecule has 0 spiro atoms. The molecule has 142 valence electrons. The molecule has 1 atom stereocenters. The monoisotopic (exact) mass is 395 g/mol. The van der Waals surface area contributed by atoms with Crippen molar-refractivity contribution in [2.45, 2.75) is 26.3 Å². The molecule has 1 unspecified atom stereocenters. The highest BCUT2D eigenvalue weighted by Crippen LogP contribution is 2.34. The number of rotatable bonds is 5. The van der Waals surface area contributed by atoms with Crippen molar-refractivity contribution in [3.8, 4) is 21.8 Å². The van der Waals surface area contributed by atoms with E-state index in [-0.39, 0.29) is 28.9 Å². The molecule has 0 aliphatic rings. The van der Waals surface area contributed by atoms with Crippen molar-refractivity contribution in [3.63, 3.8) is 0 Å². The molecule has 0 saturated carbocycles. The zero-order chi connectivity index (χ0) is 19.7. The fourth-order valence-corrected chi connectivity index (χ4v) is 3.61. The number of nitrogens with zero attached hydrogens (tertiary/aromatic N) is 2. The van der Waals surface area contributed by atoms with Crippen LogP contribution in [-0.4, -0.2) is 22.1 Å². The minimum Gasteiger partial charge on any atom is -0.350 e. The molecule has 0 aliphatic heterocycles. The Hall–Kier alpha value is -3.06. The van der Waals surface area contributed by atoms with Gasteiger partial charge in [0.05, 0.1) is 21.5 Å². The molecule has 0 saturated heterocycles. The van der Waals surface area contributed by atoms with Crippen LogP contribution >= 0.6 is 11.3 Å². The third-order valence-corrected chi connectivity index (χ3v) is 5.48. The Kier molecular flexibility index (Phi) is 4.92. The molecule has 4 rings (SSSR count). The summed E-state index contributed by atoms with van der Waals surface area (Å²) in [4.78, 5) is 18.4. The molecule has 0 fully saturated rings. The fraction of sp³-hybridized carbons (Fsp3) is 0.190. The Morgan fingerprint density at radius 2 is 2.11 bits per heavy atom. The highest BCUT2D eigenvalue weighted by Gasteiger charge is 2.24. The summed E-state index contributed by atoms with van der Waals surface area (Å²) in [5, 5.41) is 9.35. The summed E-state index contributed by atoms with van der Waals surface area (Å²) in [5.74, 6) is -0.700. The summed E-state index contributed by atoms with van der Waals surface area (Å²) in [6, 6.07) is 11.8. The molecule has 0 radical (unpaired) electrons. The van der Waals surface area contributed by atoms with Crippen molar-refractivity contribution >= 4 is 28.3 Å². The summed E-state index contributed by atoms with van der Waals surface area (Å²) in [7, 11) is 0. The van der Waals surface area contributed by atoms with E-state index >= 15 is 0 Å². The van der Waals surface area contributed by atoms with E-state index in [1.807, 2.05) is 31.4 Å². The van der Waals surface area contributed by atoms with E-state index in [4.69, 9.17) is 4.52 Å². The lowest BCUT2D eigenvalue weighted by Crippen LogP contribution is -2.32. The SMILES string of the molecule is CCC(C)NC(=O)c1cc(-c2cccs2)nc2onc(-c3ccccc3F)c12. The van der Waals surface area contributed by atoms with Gasteiger partial charge >= 0.3 is 0 Å². The number of thiophene rings is 1. The van der Waals surface area contributed by atoms with Crippen molar-refractivity contribution in [1.29, 1.82) is 0 Å². The van der Waals surface area contributed by atoms with Crippen LogP contribution in [0, 0.1) is 5.82 Å². The van der Waals surface area contributed by atoms with Crippen molar-refractivity contribution in [3.05, 3.63) is 59.2 Å². The standard InChI is InChI=1S/C21H18FN3O2S/c1-3-12(2)23-20(26)14-11-16(17-9-6-10-28-17)24-21-18(14)19(25-27-21)13-7-4-5-8-15(13)22/h4-12H,3H2,1-2H3,(H,23,26). The van der Waals surface area contributed by atoms with Crippen LogP contribution in [0.4, 0.5) is 4.39 Å². The van der Waals surface area contributed by atoms with Crippen molar-refractivity contribution in [1.82, 2.24) is 15.5 Å². The molecule has 0 bridgehead atoms. The number of nitrogens with one attached hydrogen (secondary N) is 1. The van der Waals surface area contributed by atoms with Crippen LogP contribution in [0.1, 0.15) is 30.6 Å². The zero-order valence-electron chi connectivity index (χ0n) is 15.4. The van der Waals surface area contributed by atoms with Gasteiger partial charge in [0.15, 0.2) is 0 Å². The minimum atomic E-state index is -0.437. The molecule has 5 nitrogen and oxygen atoms in total. The van der Waals surface area contributed by atoms with Crippen LogP contribution in [0.15, 0.2) is 52.4 Å². The first-order valence-corrected chi connectivity index (χ1v) is 9.86. The van der Waals surface area contributed by atoms with Crippen LogP contribution in [-0.2, 0) is 0 Å². The molecule has 7 heteroatoms. The number of aromatic nitrogens is 2. The van der Waals surface area contributed by atoms with Gasteiger partial charge in [-0.1, -0.05) is 30.3 Å². The average Bonchev–Trinajstić information content (AvgIpc) is 3.37. The van der Waals surface area contributed by atoms with Crippen LogP contribution in [0.25, 0.3) is 32.9 Å². The maximum absolute atomic E-state index is 14.4. The summed E-state index contributed by atoms with van der Waals surface area (Å²) in [6.45, 7) is 3.93. The highest BCUT2D eigenvalue weighted by atomic mass is 32.1. The number of carbonyl (C=O) groups excluding carboxylic acids is 1. The van der Waals surface area contributed by atoms with E-state index < -0.39 is 5.82 Å². The van der Waals surface area contributed by atoms with Crippen molar-refractivity contribution < 1.29 is 13.7 Å². The third kappa shape index (κ3) is 3.29. The van der Waals surface area contributed by atoms with Gasteiger partial charge < -0.3 is 9.84 Å². The first kappa shape index (κ1) is 18.3. The molecule has 3 heterocycles. The Labute approximate surface area is 165 Å². The predicted molar refractivity (Wildman–Crippen MR) is 108 cm³/mol. The van der Waals surface area contributed by atoms with Gasteiger partial charge in [-0.3, -0.25) is 4.79 Å². The van der Waals surface area contributed by atoms with Gasteiger partial charge in [-0.05, 0) is 43.0 Å². The van der Waals surface area contributed by atoms with E-state index in [0.29, 0.717) is 16.6 Å². The second-order valence-corrected chi connectivity index (χ2v) is 7.45. The summed E-state index contributed by atoms with van der Waals surface area (Å²) in [6.07, 6.45) is 0.793. The van der Waals surface area contributed by atoms with Gasteiger partial charge in [-0.2, -0.15) is 0 Å². The normalized spacial score (nSPS) is 12.2. The number of hydrogen-bond donors (Lipinski definition) is 1. The van der Waals surface area contributed by atoms with Crippen LogP contribution < -0.4 is 5.32 Å². The van der Waals surface area contributed by atoms with Crippen LogP contribution in [0.5, 0.6) is 0 Å². The third-order valence-electron chi connectivity index (χ3n) is 4.58. The van der Waals surface area contributed by atoms with Gasteiger partial charge in [0.25, 0.3) is 11.6 Å². The van der Waals surface area contributed by atoms with Gasteiger partial charge in [0.2, 0.25) is 0 Å². The van der Waals surface area contributed by atoms with E-state index in [1.54, 1.807) is 24.3 Å². The average molecular weight is 395 g/mol. The summed E-state index contributed by atoms with van der Waals surface area (Å²) < 4.78 is 19.8. The first-order valence-electron chi connectivity index (χ1n) is 8.98. The Balaban J connectivity index is 1.95. The smallest absolute Gasteiger partial charge is 0.259 e. The molecule has 1 aromatic carbocycles. The van der Waals surface area contributed by atoms with E-state index in [0.717, 1.165) is 11.3 Å². The van der Waals surface area contributed by atoms with Gasteiger partial charge in [-0.25, -0.2) is 9.37 Å². The fourth-order valence-electron chi connectivity index (χ4n) is 2.92. The highest BCUT2D eigenvalue weighted by molar-refractivity contribution is 7.13. The second kappa shape index (κ2) is 7.52. The topological polar surface area (TPSA) is 68.0 Å². The lowest BCUT2D eigenvalue weighted by atomic mass is 10.0. The Bertz CT molecular complexity index is 1140. The molecule has 1 N–H and O–H groups in total. The van der Waals surface area contributed by atoms with Crippen LogP contribution in [0.2, 0.25) is 0 Å².